The molecule has 1 aliphatic heterocycles. The number of unbranched alkanes of at least 4 members (excludes halogenated alkanes) is 2. The first-order valence-electron chi connectivity index (χ1n) is 9.85. The van der Waals surface area contributed by atoms with E-state index in [0.717, 1.165) is 45.2 Å². The molecule has 154 valence electrons. The van der Waals surface area contributed by atoms with Crippen molar-refractivity contribution in [3.8, 4) is 0 Å². The largest absolute Gasteiger partial charge is 0.435 e. The summed E-state index contributed by atoms with van der Waals surface area (Å²) in [5.41, 5.74) is -1.09. The maximum absolute atomic E-state index is 13.5. The number of nitrogens with one attached hydrogen (secondary N) is 1. The third-order valence-corrected chi connectivity index (χ3v) is 5.29. The second-order valence-electron chi connectivity index (χ2n) is 7.58. The molecule has 0 aromatic carbocycles. The number of carbonyl (C=O) groups is 1. The second kappa shape index (κ2) is 9.08. The van der Waals surface area contributed by atoms with Crippen molar-refractivity contribution in [2.45, 2.75) is 78.1 Å². The lowest BCUT2D eigenvalue weighted by atomic mass is 10.0. The molecule has 0 bridgehead atoms. The quantitative estimate of drug-likeness (QED) is 0.713. The van der Waals surface area contributed by atoms with Crippen molar-refractivity contribution >= 4 is 5.91 Å². The van der Waals surface area contributed by atoms with Gasteiger partial charge in [0.15, 0.2) is 5.69 Å². The summed E-state index contributed by atoms with van der Waals surface area (Å²) in [6, 6.07) is 0.308. The van der Waals surface area contributed by atoms with E-state index in [1.165, 1.54) is 4.68 Å². The Morgan fingerprint density at radius 2 is 1.89 bits per heavy atom. The van der Waals surface area contributed by atoms with E-state index in [0.29, 0.717) is 18.3 Å². The van der Waals surface area contributed by atoms with Crippen LogP contribution in [0, 0.1) is 6.92 Å². The predicted octanol–water partition coefficient (Wildman–Crippen LogP) is 4.18. The van der Waals surface area contributed by atoms with E-state index in [2.05, 4.69) is 29.2 Å². The molecule has 1 aromatic rings. The molecule has 0 radical (unpaired) electrons. The minimum absolute atomic E-state index is 0.109. The topological polar surface area (TPSA) is 50.2 Å². The first-order valence-corrected chi connectivity index (χ1v) is 9.85. The standard InChI is InChI=1S/C19H31F3N4O/c1-5-6-7-10-23-18(27)16-14(4)26(24-17(16)19(20,21)22)15-8-11-25(12-9-15)13(2)3/h13,15H,5-12H2,1-4H3,(H,23,27). The highest BCUT2D eigenvalue weighted by Gasteiger charge is 2.41. The molecule has 1 saturated heterocycles. The Morgan fingerprint density at radius 1 is 1.26 bits per heavy atom. The molecular formula is C19H31F3N4O. The van der Waals surface area contributed by atoms with Crippen LogP contribution in [-0.2, 0) is 6.18 Å². The molecule has 0 saturated carbocycles. The van der Waals surface area contributed by atoms with Gasteiger partial charge in [0, 0.05) is 31.4 Å². The van der Waals surface area contributed by atoms with Gasteiger partial charge in [-0.2, -0.15) is 18.3 Å². The van der Waals surface area contributed by atoms with E-state index < -0.39 is 17.8 Å². The number of carbonyl (C=O) groups excluding carboxylic acids is 1. The minimum atomic E-state index is -4.65. The molecule has 8 heteroatoms. The highest BCUT2D eigenvalue weighted by Crippen LogP contribution is 2.35. The smallest absolute Gasteiger partial charge is 0.352 e. The molecule has 1 aliphatic rings. The molecule has 27 heavy (non-hydrogen) atoms. The van der Waals surface area contributed by atoms with Crippen LogP contribution in [0.2, 0.25) is 0 Å². The van der Waals surface area contributed by atoms with Gasteiger partial charge < -0.3 is 10.2 Å². The van der Waals surface area contributed by atoms with Crippen LogP contribution < -0.4 is 5.32 Å². The molecule has 2 heterocycles. The lowest BCUT2D eigenvalue weighted by molar-refractivity contribution is -0.142. The van der Waals surface area contributed by atoms with Crippen LogP contribution in [0.3, 0.4) is 0 Å². The number of piperidine rings is 1. The molecule has 1 fully saturated rings. The summed E-state index contributed by atoms with van der Waals surface area (Å²) in [4.78, 5) is 14.8. The summed E-state index contributed by atoms with van der Waals surface area (Å²) >= 11 is 0. The van der Waals surface area contributed by atoms with Crippen molar-refractivity contribution in [1.82, 2.24) is 20.0 Å². The van der Waals surface area contributed by atoms with Crippen LogP contribution in [0.25, 0.3) is 0 Å². The summed E-state index contributed by atoms with van der Waals surface area (Å²) in [7, 11) is 0. The molecule has 0 aliphatic carbocycles. The number of alkyl halides is 3. The fourth-order valence-electron chi connectivity index (χ4n) is 3.66. The minimum Gasteiger partial charge on any atom is -0.352 e. The van der Waals surface area contributed by atoms with Gasteiger partial charge in [-0.05, 0) is 40.0 Å². The Hall–Kier alpha value is -1.57. The highest BCUT2D eigenvalue weighted by atomic mass is 19.4. The number of hydrogen-bond donors (Lipinski definition) is 1. The van der Waals surface area contributed by atoms with E-state index in [4.69, 9.17) is 0 Å². The Morgan fingerprint density at radius 3 is 2.41 bits per heavy atom. The van der Waals surface area contributed by atoms with Crippen LogP contribution in [0.5, 0.6) is 0 Å². The molecule has 1 amide bonds. The van der Waals surface area contributed by atoms with Crippen molar-refractivity contribution in [1.29, 1.82) is 0 Å². The molecule has 0 unspecified atom stereocenters. The number of amides is 1. The average molecular weight is 388 g/mol. The average Bonchev–Trinajstić information content (AvgIpc) is 2.96. The Labute approximate surface area is 159 Å². The maximum Gasteiger partial charge on any atom is 0.435 e. The lowest BCUT2D eigenvalue weighted by Gasteiger charge is -2.35. The summed E-state index contributed by atoms with van der Waals surface area (Å²) < 4.78 is 42.0. The third kappa shape index (κ3) is 5.24. The monoisotopic (exact) mass is 388 g/mol. The molecule has 0 atom stereocenters. The van der Waals surface area contributed by atoms with Gasteiger partial charge in [0.2, 0.25) is 0 Å². The Balaban J connectivity index is 2.22. The third-order valence-electron chi connectivity index (χ3n) is 5.29. The zero-order valence-corrected chi connectivity index (χ0v) is 16.7. The fraction of sp³-hybridized carbons (Fsp3) is 0.789. The zero-order valence-electron chi connectivity index (χ0n) is 16.7. The summed E-state index contributed by atoms with van der Waals surface area (Å²) in [6.45, 7) is 9.84. The number of rotatable bonds is 7. The highest BCUT2D eigenvalue weighted by molar-refractivity contribution is 5.96. The van der Waals surface area contributed by atoms with Gasteiger partial charge in [0.1, 0.15) is 0 Å². The van der Waals surface area contributed by atoms with E-state index >= 15 is 0 Å². The number of aromatic nitrogens is 2. The van der Waals surface area contributed by atoms with Crippen molar-refractivity contribution < 1.29 is 18.0 Å². The molecule has 5 nitrogen and oxygen atoms in total. The van der Waals surface area contributed by atoms with Gasteiger partial charge in [-0.25, -0.2) is 0 Å². The fourth-order valence-corrected chi connectivity index (χ4v) is 3.66. The molecule has 1 aromatic heterocycles. The Bertz CT molecular complexity index is 632. The second-order valence-corrected chi connectivity index (χ2v) is 7.58. The van der Waals surface area contributed by atoms with Gasteiger partial charge >= 0.3 is 6.18 Å². The van der Waals surface area contributed by atoms with Gasteiger partial charge in [0.05, 0.1) is 11.6 Å². The van der Waals surface area contributed by atoms with E-state index in [-0.39, 0.29) is 11.6 Å². The van der Waals surface area contributed by atoms with Gasteiger partial charge in [-0.1, -0.05) is 19.8 Å². The van der Waals surface area contributed by atoms with Crippen LogP contribution in [0.4, 0.5) is 13.2 Å². The number of hydrogen-bond acceptors (Lipinski definition) is 3. The van der Waals surface area contributed by atoms with Crippen LogP contribution in [0.15, 0.2) is 0 Å². The van der Waals surface area contributed by atoms with Crippen LogP contribution >= 0.6 is 0 Å². The lowest BCUT2D eigenvalue weighted by Crippen LogP contribution is -2.39. The number of halogens is 3. The van der Waals surface area contributed by atoms with Crippen LogP contribution in [-0.4, -0.2) is 46.3 Å². The van der Waals surface area contributed by atoms with E-state index in [1.54, 1.807) is 6.92 Å². The first-order chi connectivity index (χ1) is 12.7. The van der Waals surface area contributed by atoms with Crippen LogP contribution in [0.1, 0.15) is 80.7 Å². The number of likely N-dealkylation sites (tertiary alicyclic amines) is 1. The van der Waals surface area contributed by atoms with Gasteiger partial charge in [-0.3, -0.25) is 9.48 Å². The van der Waals surface area contributed by atoms with Crippen molar-refractivity contribution in [3.05, 3.63) is 17.0 Å². The normalized spacial score (nSPS) is 16.9. The van der Waals surface area contributed by atoms with Gasteiger partial charge in [-0.15, -0.1) is 0 Å². The SMILES string of the molecule is CCCCCNC(=O)c1c(C(F)(F)F)nn(C2CCN(C(C)C)CC2)c1C. The summed E-state index contributed by atoms with van der Waals surface area (Å²) in [6.07, 6.45) is -0.519. The molecule has 2 rings (SSSR count). The Kier molecular flexibility index (Phi) is 7.31. The zero-order chi connectivity index (χ0) is 20.2. The molecule has 0 spiro atoms. The van der Waals surface area contributed by atoms with Crippen molar-refractivity contribution in [2.75, 3.05) is 19.6 Å². The predicted molar refractivity (Wildman–Crippen MR) is 98.8 cm³/mol. The van der Waals surface area contributed by atoms with E-state index in [9.17, 15) is 18.0 Å². The molecule has 1 N–H and O–H groups in total. The van der Waals surface area contributed by atoms with Crippen molar-refractivity contribution in [3.63, 3.8) is 0 Å². The maximum atomic E-state index is 13.5. The first kappa shape index (κ1) is 21.7. The summed E-state index contributed by atoms with van der Waals surface area (Å²) in [5, 5.41) is 6.48. The summed E-state index contributed by atoms with van der Waals surface area (Å²) in [5.74, 6) is -0.679. The van der Waals surface area contributed by atoms with E-state index in [1.807, 2.05) is 6.92 Å². The number of nitrogens with zero attached hydrogens (tertiary/aromatic N) is 3. The van der Waals surface area contributed by atoms with Gasteiger partial charge in [0.25, 0.3) is 5.91 Å². The molecular weight excluding hydrogens is 357 g/mol. The van der Waals surface area contributed by atoms with Crippen molar-refractivity contribution in [2.24, 2.45) is 0 Å².